The van der Waals surface area contributed by atoms with Gasteiger partial charge in [0.05, 0.1) is 6.04 Å². The third-order valence-electron chi connectivity index (χ3n) is 4.41. The topological polar surface area (TPSA) is 12.5 Å². The van der Waals surface area contributed by atoms with Crippen LogP contribution in [0.3, 0.4) is 0 Å². The molecule has 122 valence electrons. The highest BCUT2D eigenvalue weighted by Gasteiger charge is 2.54. The summed E-state index contributed by atoms with van der Waals surface area (Å²) >= 11 is 5.49. The number of hydrogen-bond donors (Lipinski definition) is 0. The summed E-state index contributed by atoms with van der Waals surface area (Å²) in [5.74, 6) is 0.394. The van der Waals surface area contributed by atoms with E-state index in [1.165, 1.54) is 0 Å². The number of likely N-dealkylation sites (N-methyl/N-ethyl adjacent to an activating group) is 1. The molecular formula is C20H25NOS. The summed E-state index contributed by atoms with van der Waals surface area (Å²) in [6, 6.07) is 21.0. The second kappa shape index (κ2) is 6.71. The van der Waals surface area contributed by atoms with Gasteiger partial charge in [-0.15, -0.1) is 0 Å². The summed E-state index contributed by atoms with van der Waals surface area (Å²) in [6.07, 6.45) is 0. The Labute approximate surface area is 145 Å². The minimum absolute atomic E-state index is 0. The van der Waals surface area contributed by atoms with E-state index in [2.05, 4.69) is 67.3 Å². The maximum absolute atomic E-state index is 6.36. The molecule has 2 aromatic rings. The van der Waals surface area contributed by atoms with Gasteiger partial charge in [-0.3, -0.25) is 0 Å². The molecule has 0 unspecified atom stereocenters. The zero-order valence-electron chi connectivity index (χ0n) is 13.2. The lowest BCUT2D eigenvalue weighted by atomic mass is 9.76. The van der Waals surface area contributed by atoms with E-state index in [9.17, 15) is 0 Å². The van der Waals surface area contributed by atoms with Crippen molar-refractivity contribution in [3.05, 3.63) is 71.8 Å². The number of benzene rings is 2. The van der Waals surface area contributed by atoms with Gasteiger partial charge in [0.2, 0.25) is 0 Å². The highest BCUT2D eigenvalue weighted by Crippen LogP contribution is 2.46. The van der Waals surface area contributed by atoms with Crippen LogP contribution in [0.15, 0.2) is 60.7 Å². The monoisotopic (exact) mass is 327 g/mol. The van der Waals surface area contributed by atoms with E-state index >= 15 is 0 Å². The quantitative estimate of drug-likeness (QED) is 0.749. The smallest absolute Gasteiger partial charge is 0.260 e. The molecule has 0 aromatic heterocycles. The third-order valence-corrected chi connectivity index (χ3v) is 4.78. The van der Waals surface area contributed by atoms with Crippen LogP contribution >= 0.6 is 12.2 Å². The first-order valence-electron chi connectivity index (χ1n) is 7.64. The molecule has 0 saturated carbocycles. The lowest BCUT2D eigenvalue weighted by molar-refractivity contribution is 0.0756. The first-order chi connectivity index (χ1) is 10.6. The summed E-state index contributed by atoms with van der Waals surface area (Å²) in [5.41, 5.74) is 1.74. The van der Waals surface area contributed by atoms with E-state index in [-0.39, 0.29) is 13.5 Å². The fraction of sp³-hybridized carbons (Fsp3) is 0.350. The highest BCUT2D eigenvalue weighted by molar-refractivity contribution is 7.80. The van der Waals surface area contributed by atoms with Crippen LogP contribution in [0.5, 0.6) is 0 Å². The molecule has 0 amide bonds. The first kappa shape index (κ1) is 17.5. The number of hydrogen-bond acceptors (Lipinski definition) is 2. The van der Waals surface area contributed by atoms with E-state index in [4.69, 9.17) is 17.0 Å². The largest absolute Gasteiger partial charge is 0.452 e. The lowest BCUT2D eigenvalue weighted by Crippen LogP contribution is -2.46. The van der Waals surface area contributed by atoms with Crippen molar-refractivity contribution in [3.63, 3.8) is 0 Å². The van der Waals surface area contributed by atoms with Crippen molar-refractivity contribution in [3.8, 4) is 0 Å². The lowest BCUT2D eigenvalue weighted by Gasteiger charge is -2.37. The Hall–Kier alpha value is -1.87. The average Bonchev–Trinajstić information content (AvgIpc) is 2.82. The Morgan fingerprint density at radius 1 is 0.957 bits per heavy atom. The summed E-state index contributed by atoms with van der Waals surface area (Å²) in [5, 5.41) is 0.561. The Kier molecular flexibility index (Phi) is 5.10. The highest BCUT2D eigenvalue weighted by atomic mass is 32.1. The fourth-order valence-corrected chi connectivity index (χ4v) is 3.82. The molecule has 0 aliphatic carbocycles. The van der Waals surface area contributed by atoms with Crippen LogP contribution in [0.4, 0.5) is 0 Å². The van der Waals surface area contributed by atoms with Crippen molar-refractivity contribution in [2.75, 3.05) is 7.05 Å². The van der Waals surface area contributed by atoms with Gasteiger partial charge in [0.1, 0.15) is 0 Å². The maximum atomic E-state index is 6.36. The van der Waals surface area contributed by atoms with Gasteiger partial charge in [0.15, 0.2) is 5.60 Å². The predicted molar refractivity (Wildman–Crippen MR) is 100 cm³/mol. The number of ether oxygens (including phenoxy) is 1. The van der Waals surface area contributed by atoms with E-state index in [1.54, 1.807) is 0 Å². The van der Waals surface area contributed by atoms with Gasteiger partial charge in [-0.25, -0.2) is 0 Å². The Morgan fingerprint density at radius 2 is 1.39 bits per heavy atom. The second-order valence-corrected chi connectivity index (χ2v) is 6.48. The first-order valence-corrected chi connectivity index (χ1v) is 8.05. The van der Waals surface area contributed by atoms with Crippen LogP contribution in [0.1, 0.15) is 32.4 Å². The van der Waals surface area contributed by atoms with E-state index in [1.807, 2.05) is 19.2 Å². The Balaban J connectivity index is 0.00000192. The summed E-state index contributed by atoms with van der Waals surface area (Å²) in [6.45, 7) is 4.44. The molecule has 1 saturated heterocycles. The van der Waals surface area contributed by atoms with E-state index in [0.29, 0.717) is 11.1 Å². The molecule has 2 aromatic carbocycles. The molecule has 2 nitrogen and oxygen atoms in total. The fourth-order valence-electron chi connectivity index (χ4n) is 3.57. The van der Waals surface area contributed by atoms with Gasteiger partial charge in [-0.2, -0.15) is 0 Å². The molecule has 23 heavy (non-hydrogen) atoms. The van der Waals surface area contributed by atoms with Gasteiger partial charge in [0, 0.05) is 18.2 Å². The number of thiocarbonyl (C=S) groups is 1. The molecular weight excluding hydrogens is 302 g/mol. The van der Waals surface area contributed by atoms with Crippen molar-refractivity contribution >= 4 is 17.4 Å². The van der Waals surface area contributed by atoms with E-state index < -0.39 is 5.60 Å². The van der Waals surface area contributed by atoms with Crippen molar-refractivity contribution in [1.29, 1.82) is 0 Å². The summed E-state index contributed by atoms with van der Waals surface area (Å²) in [7, 11) is 2.03. The van der Waals surface area contributed by atoms with Gasteiger partial charge < -0.3 is 9.64 Å². The van der Waals surface area contributed by atoms with Crippen molar-refractivity contribution in [2.45, 2.75) is 32.9 Å². The molecule has 3 rings (SSSR count). The van der Waals surface area contributed by atoms with Crippen molar-refractivity contribution in [2.24, 2.45) is 5.92 Å². The zero-order chi connectivity index (χ0) is 15.7. The van der Waals surface area contributed by atoms with Gasteiger partial charge >= 0.3 is 0 Å². The van der Waals surface area contributed by atoms with Crippen LogP contribution in [-0.2, 0) is 10.3 Å². The normalized spacial score (nSPS) is 19.4. The van der Waals surface area contributed by atoms with Crippen LogP contribution in [0, 0.1) is 5.92 Å². The van der Waals surface area contributed by atoms with Crippen LogP contribution in [0.25, 0.3) is 0 Å². The molecule has 1 atom stereocenters. The van der Waals surface area contributed by atoms with Gasteiger partial charge in [0.25, 0.3) is 5.17 Å². The zero-order valence-corrected chi connectivity index (χ0v) is 14.0. The molecule has 0 bridgehead atoms. The average molecular weight is 327 g/mol. The van der Waals surface area contributed by atoms with Crippen LogP contribution in [-0.4, -0.2) is 23.2 Å². The molecule has 0 spiro atoms. The molecule has 3 heteroatoms. The molecule has 1 aliphatic heterocycles. The number of rotatable bonds is 3. The Bertz CT molecular complexity index is 614. The molecule has 1 fully saturated rings. The van der Waals surface area contributed by atoms with Crippen molar-refractivity contribution in [1.82, 2.24) is 4.90 Å². The van der Waals surface area contributed by atoms with Crippen molar-refractivity contribution < 1.29 is 4.74 Å². The molecule has 0 radical (unpaired) electrons. The molecule has 1 aliphatic rings. The van der Waals surface area contributed by atoms with Gasteiger partial charge in [-0.1, -0.05) is 81.9 Å². The van der Waals surface area contributed by atoms with Crippen LogP contribution in [0.2, 0.25) is 0 Å². The van der Waals surface area contributed by atoms with Crippen LogP contribution < -0.4 is 0 Å². The minimum Gasteiger partial charge on any atom is -0.452 e. The number of nitrogens with zero attached hydrogens (tertiary/aromatic N) is 1. The second-order valence-electron chi connectivity index (χ2n) is 6.14. The van der Waals surface area contributed by atoms with E-state index in [0.717, 1.165) is 11.1 Å². The standard InChI is InChI=1S/C19H21NOS.CH4/c1-14(2)17-19(21-18(22)20(17)3,15-10-6-4-7-11-15)16-12-8-5-9-13-16;/h4-14,17H,1-3H3;1H4/t17-;/m0./s1. The Morgan fingerprint density at radius 3 is 1.78 bits per heavy atom. The maximum Gasteiger partial charge on any atom is 0.260 e. The van der Waals surface area contributed by atoms with Gasteiger partial charge in [-0.05, 0) is 18.1 Å². The molecule has 1 heterocycles. The molecule has 0 N–H and O–H groups in total. The summed E-state index contributed by atoms with van der Waals surface area (Å²) < 4.78 is 6.36. The summed E-state index contributed by atoms with van der Waals surface area (Å²) in [4.78, 5) is 2.10. The predicted octanol–water partition coefficient (Wildman–Crippen LogP) is 4.84. The SMILES string of the molecule is C.CC(C)[C@@H]1N(C)C(=S)OC1(c1ccccc1)c1ccccc1. The minimum atomic E-state index is -0.553. The third kappa shape index (κ3) is 2.74.